The highest BCUT2D eigenvalue weighted by atomic mass is 16.5. The highest BCUT2D eigenvalue weighted by Gasteiger charge is 2.38. The van der Waals surface area contributed by atoms with Crippen molar-refractivity contribution in [1.82, 2.24) is 0 Å². The third kappa shape index (κ3) is 2.97. The highest BCUT2D eigenvalue weighted by molar-refractivity contribution is 6.26. The van der Waals surface area contributed by atoms with E-state index >= 15 is 0 Å². The van der Waals surface area contributed by atoms with Gasteiger partial charge in [-0.25, -0.2) is 0 Å². The van der Waals surface area contributed by atoms with Gasteiger partial charge in [-0.2, -0.15) is 0 Å². The van der Waals surface area contributed by atoms with E-state index in [-0.39, 0.29) is 29.3 Å². The molecule has 2 aliphatic rings. The second-order valence-electron chi connectivity index (χ2n) is 6.81. The molecule has 0 amide bonds. The number of fused-ring (bicyclic) bond motifs is 1. The third-order valence-electron chi connectivity index (χ3n) is 4.78. The maximum atomic E-state index is 13.2. The normalized spacial score (nSPS) is 18.8. The molecule has 24 heavy (non-hydrogen) atoms. The minimum absolute atomic E-state index is 0.0777. The zero-order valence-electron chi connectivity index (χ0n) is 14.6. The summed E-state index contributed by atoms with van der Waals surface area (Å²) >= 11 is 0. The quantitative estimate of drug-likeness (QED) is 0.825. The van der Waals surface area contributed by atoms with Crippen molar-refractivity contribution in [1.29, 1.82) is 0 Å². The Morgan fingerprint density at radius 2 is 1.71 bits per heavy atom. The lowest BCUT2D eigenvalue weighted by Crippen LogP contribution is -2.29. The molecule has 0 saturated heterocycles. The van der Waals surface area contributed by atoms with Gasteiger partial charge in [0, 0.05) is 16.7 Å². The van der Waals surface area contributed by atoms with Crippen molar-refractivity contribution < 1.29 is 19.1 Å². The molecular weight excluding hydrogens is 304 g/mol. The molecule has 4 heteroatoms. The van der Waals surface area contributed by atoms with Crippen molar-refractivity contribution in [3.05, 3.63) is 40.7 Å². The summed E-state index contributed by atoms with van der Waals surface area (Å²) in [6.07, 6.45) is 5.12. The maximum absolute atomic E-state index is 13.2. The number of carbonyl (C=O) groups is 2. The van der Waals surface area contributed by atoms with Crippen LogP contribution in [0.2, 0.25) is 0 Å². The summed E-state index contributed by atoms with van der Waals surface area (Å²) < 4.78 is 11.1. The molecule has 0 heterocycles. The Labute approximate surface area is 142 Å². The zero-order valence-corrected chi connectivity index (χ0v) is 14.6. The van der Waals surface area contributed by atoms with Crippen molar-refractivity contribution in [2.24, 2.45) is 5.92 Å². The first-order valence-electron chi connectivity index (χ1n) is 8.71. The van der Waals surface area contributed by atoms with Gasteiger partial charge < -0.3 is 9.47 Å². The molecule has 1 aromatic carbocycles. The first-order valence-corrected chi connectivity index (χ1v) is 8.71. The number of ether oxygens (including phenoxy) is 2. The van der Waals surface area contributed by atoms with Crippen LogP contribution in [0.15, 0.2) is 29.5 Å². The van der Waals surface area contributed by atoms with Gasteiger partial charge in [0.25, 0.3) is 0 Å². The molecule has 0 aliphatic heterocycles. The van der Waals surface area contributed by atoms with Gasteiger partial charge in [-0.15, -0.1) is 0 Å². The van der Waals surface area contributed by atoms with Crippen LogP contribution in [0.5, 0.6) is 5.75 Å². The molecule has 0 bridgehead atoms. The van der Waals surface area contributed by atoms with Crippen molar-refractivity contribution in [3.63, 3.8) is 0 Å². The lowest BCUT2D eigenvalue weighted by atomic mass is 9.76. The van der Waals surface area contributed by atoms with E-state index in [1.807, 2.05) is 13.8 Å². The van der Waals surface area contributed by atoms with Gasteiger partial charge in [0.05, 0.1) is 13.2 Å². The van der Waals surface area contributed by atoms with Gasteiger partial charge in [0.2, 0.25) is 5.78 Å². The van der Waals surface area contributed by atoms with Crippen molar-refractivity contribution in [2.45, 2.75) is 52.1 Å². The molecule has 0 atom stereocenters. The van der Waals surface area contributed by atoms with Gasteiger partial charge in [-0.05, 0) is 50.8 Å². The number of methoxy groups -OCH3 is 1. The van der Waals surface area contributed by atoms with Crippen LogP contribution in [-0.2, 0) is 4.74 Å². The SMILES string of the molecule is COc1ccc2c(c1)C(=O)C(C1CCCCC1)=C(OC(C)C)C2=O. The Kier molecular flexibility index (Phi) is 4.74. The van der Waals surface area contributed by atoms with Crippen LogP contribution < -0.4 is 4.74 Å². The van der Waals surface area contributed by atoms with Crippen LogP contribution in [0.25, 0.3) is 0 Å². The average molecular weight is 328 g/mol. The fraction of sp³-hybridized carbons (Fsp3) is 0.500. The van der Waals surface area contributed by atoms with E-state index in [4.69, 9.17) is 9.47 Å². The number of hydrogen-bond acceptors (Lipinski definition) is 4. The summed E-state index contributed by atoms with van der Waals surface area (Å²) in [6.45, 7) is 3.76. The van der Waals surface area contributed by atoms with Crippen LogP contribution in [0.3, 0.4) is 0 Å². The first kappa shape index (κ1) is 16.7. The van der Waals surface area contributed by atoms with Gasteiger partial charge in [-0.3, -0.25) is 9.59 Å². The fourth-order valence-corrected chi connectivity index (χ4v) is 3.64. The predicted octanol–water partition coefficient (Wildman–Crippen LogP) is 4.33. The second-order valence-corrected chi connectivity index (χ2v) is 6.81. The smallest absolute Gasteiger partial charge is 0.228 e. The summed E-state index contributed by atoms with van der Waals surface area (Å²) in [5.41, 5.74) is 1.43. The maximum Gasteiger partial charge on any atom is 0.228 e. The molecule has 1 saturated carbocycles. The van der Waals surface area contributed by atoms with E-state index in [1.165, 1.54) is 6.42 Å². The molecule has 0 spiro atoms. The van der Waals surface area contributed by atoms with E-state index in [0.717, 1.165) is 25.7 Å². The van der Waals surface area contributed by atoms with Crippen molar-refractivity contribution in [3.8, 4) is 5.75 Å². The molecule has 128 valence electrons. The number of Topliss-reactive ketones (excluding diaryl/α,β-unsaturated/α-hetero) is 2. The number of ketones is 2. The van der Waals surface area contributed by atoms with Crippen LogP contribution in [0.1, 0.15) is 66.7 Å². The van der Waals surface area contributed by atoms with Gasteiger partial charge in [0.15, 0.2) is 11.5 Å². The number of carbonyl (C=O) groups excluding carboxylic acids is 2. The molecule has 1 aromatic rings. The predicted molar refractivity (Wildman–Crippen MR) is 91.5 cm³/mol. The number of hydrogen-bond donors (Lipinski definition) is 0. The van der Waals surface area contributed by atoms with Crippen molar-refractivity contribution >= 4 is 11.6 Å². The topological polar surface area (TPSA) is 52.6 Å². The Balaban J connectivity index is 2.11. The molecule has 1 fully saturated rings. The van der Waals surface area contributed by atoms with Gasteiger partial charge in [-0.1, -0.05) is 19.3 Å². The standard InChI is InChI=1S/C20H24O4/c1-12(2)24-20-17(13-7-5-4-6-8-13)18(21)16-11-14(23-3)9-10-15(16)19(20)22/h9-13H,4-8H2,1-3H3. The summed E-state index contributed by atoms with van der Waals surface area (Å²) in [5, 5.41) is 0. The minimum Gasteiger partial charge on any atom is -0.497 e. The van der Waals surface area contributed by atoms with E-state index in [1.54, 1.807) is 25.3 Å². The summed E-state index contributed by atoms with van der Waals surface area (Å²) in [4.78, 5) is 26.2. The summed E-state index contributed by atoms with van der Waals surface area (Å²) in [7, 11) is 1.56. The second kappa shape index (κ2) is 6.80. The fourth-order valence-electron chi connectivity index (χ4n) is 3.64. The Bertz CT molecular complexity index is 694. The van der Waals surface area contributed by atoms with Crippen LogP contribution in [-0.4, -0.2) is 24.8 Å². The van der Waals surface area contributed by atoms with E-state index in [0.29, 0.717) is 22.4 Å². The van der Waals surface area contributed by atoms with Gasteiger partial charge >= 0.3 is 0 Å². The number of benzene rings is 1. The van der Waals surface area contributed by atoms with E-state index < -0.39 is 0 Å². The number of rotatable bonds is 4. The van der Waals surface area contributed by atoms with E-state index in [9.17, 15) is 9.59 Å². The Hall–Kier alpha value is -2.10. The molecular formula is C20H24O4. The molecule has 0 unspecified atom stereocenters. The van der Waals surface area contributed by atoms with Crippen LogP contribution in [0, 0.1) is 5.92 Å². The lowest BCUT2D eigenvalue weighted by molar-refractivity contribution is 0.0780. The first-order chi connectivity index (χ1) is 11.5. The summed E-state index contributed by atoms with van der Waals surface area (Å²) in [6, 6.07) is 5.04. The molecule has 0 aromatic heterocycles. The van der Waals surface area contributed by atoms with Crippen LogP contribution in [0.4, 0.5) is 0 Å². The Morgan fingerprint density at radius 3 is 2.33 bits per heavy atom. The largest absolute Gasteiger partial charge is 0.497 e. The number of allylic oxidation sites excluding steroid dienone is 2. The molecule has 0 N–H and O–H groups in total. The summed E-state index contributed by atoms with van der Waals surface area (Å²) in [5.74, 6) is 0.710. The van der Waals surface area contributed by atoms with Crippen molar-refractivity contribution in [2.75, 3.05) is 7.11 Å². The van der Waals surface area contributed by atoms with Gasteiger partial charge in [0.1, 0.15) is 5.75 Å². The zero-order chi connectivity index (χ0) is 17.3. The minimum atomic E-state index is -0.179. The monoisotopic (exact) mass is 328 g/mol. The highest BCUT2D eigenvalue weighted by Crippen LogP contribution is 2.39. The van der Waals surface area contributed by atoms with Crippen LogP contribution >= 0.6 is 0 Å². The average Bonchev–Trinajstić information content (AvgIpc) is 2.59. The lowest BCUT2D eigenvalue weighted by Gasteiger charge is -2.29. The third-order valence-corrected chi connectivity index (χ3v) is 4.78. The van der Waals surface area contributed by atoms with E-state index in [2.05, 4.69) is 0 Å². The Morgan fingerprint density at radius 1 is 1.00 bits per heavy atom. The molecule has 4 nitrogen and oxygen atoms in total. The molecule has 0 radical (unpaired) electrons. The molecule has 2 aliphatic carbocycles. The molecule has 3 rings (SSSR count).